The number of halogens is 2. The first-order valence-electron chi connectivity index (χ1n) is 6.68. The smallest absolute Gasteiger partial charge is 0.129 e. The van der Waals surface area contributed by atoms with Gasteiger partial charge in [0, 0.05) is 12.5 Å². The summed E-state index contributed by atoms with van der Waals surface area (Å²) in [6.45, 7) is 13.8. The van der Waals surface area contributed by atoms with E-state index in [1.54, 1.807) is 0 Å². The molecule has 0 saturated heterocycles. The van der Waals surface area contributed by atoms with Crippen LogP contribution in [0.3, 0.4) is 0 Å². The quantitative estimate of drug-likeness (QED) is 0.481. The van der Waals surface area contributed by atoms with E-state index in [4.69, 9.17) is 0 Å². The zero-order chi connectivity index (χ0) is 16.2. The van der Waals surface area contributed by atoms with E-state index in [0.717, 1.165) is 33.7 Å². The van der Waals surface area contributed by atoms with Crippen LogP contribution >= 0.6 is 9.24 Å². The van der Waals surface area contributed by atoms with Crippen LogP contribution in [0.2, 0.25) is 0 Å². The largest absolute Gasteiger partial charge is 0.207 e. The molecule has 0 aromatic heterocycles. The van der Waals surface area contributed by atoms with Crippen LogP contribution in [0.1, 0.15) is 26.3 Å². The second kappa shape index (κ2) is 7.47. The van der Waals surface area contributed by atoms with Gasteiger partial charge in [0.05, 0.1) is 0 Å². The molecule has 0 nitrogen and oxygen atoms in total. The molecule has 0 spiro atoms. The predicted molar refractivity (Wildman–Crippen MR) is 90.2 cm³/mol. The maximum Gasteiger partial charge on any atom is 0.129 e. The molecule has 0 fully saturated rings. The molecule has 1 aromatic carbocycles. The van der Waals surface area contributed by atoms with Crippen molar-refractivity contribution in [2.45, 2.75) is 27.2 Å². The van der Waals surface area contributed by atoms with Crippen molar-refractivity contribution < 1.29 is 8.78 Å². The fourth-order valence-corrected chi connectivity index (χ4v) is 2.31. The van der Waals surface area contributed by atoms with E-state index in [9.17, 15) is 8.78 Å². The van der Waals surface area contributed by atoms with E-state index in [-0.39, 0.29) is 0 Å². The number of allylic oxidation sites excluding steroid dienone is 6. The second-order valence-corrected chi connectivity index (χ2v) is 5.60. The van der Waals surface area contributed by atoms with Crippen LogP contribution in [0.15, 0.2) is 65.0 Å². The van der Waals surface area contributed by atoms with Crippen molar-refractivity contribution in [3.63, 3.8) is 0 Å². The highest BCUT2D eigenvalue weighted by atomic mass is 31.0. The van der Waals surface area contributed by atoms with Crippen LogP contribution in [0.25, 0.3) is 0 Å². The zero-order valence-electron chi connectivity index (χ0n) is 12.8. The van der Waals surface area contributed by atoms with E-state index in [2.05, 4.69) is 22.4 Å². The molecule has 0 heterocycles. The number of hydrogen-bond acceptors (Lipinski definition) is 0. The van der Waals surface area contributed by atoms with Crippen molar-refractivity contribution in [3.8, 4) is 0 Å². The highest BCUT2D eigenvalue weighted by molar-refractivity contribution is 7.23. The summed E-state index contributed by atoms with van der Waals surface area (Å²) in [5.41, 5.74) is 4.20. The third kappa shape index (κ3) is 4.47. The van der Waals surface area contributed by atoms with E-state index in [0.29, 0.717) is 12.0 Å². The van der Waals surface area contributed by atoms with Gasteiger partial charge in [-0.25, -0.2) is 8.78 Å². The molecule has 1 unspecified atom stereocenters. The van der Waals surface area contributed by atoms with Gasteiger partial charge < -0.3 is 0 Å². The van der Waals surface area contributed by atoms with E-state index >= 15 is 0 Å². The highest BCUT2D eigenvalue weighted by Crippen LogP contribution is 2.31. The Balaban J connectivity index is 3.08. The maximum atomic E-state index is 13.8. The first kappa shape index (κ1) is 17.5. The fraction of sp³-hybridized carbons (Fsp3) is 0.222. The summed E-state index contributed by atoms with van der Waals surface area (Å²) in [4.78, 5) is 0. The molecule has 21 heavy (non-hydrogen) atoms. The molecule has 0 amide bonds. The average molecular weight is 306 g/mol. The van der Waals surface area contributed by atoms with Gasteiger partial charge >= 0.3 is 0 Å². The Hall–Kier alpha value is -1.53. The van der Waals surface area contributed by atoms with E-state index < -0.39 is 11.6 Å². The standard InChI is InChI=1S/C18H21F2P/c1-6-14(13(5)18(21)12(4)11(2)3)9-15-7-8-16(19)10-17(15)20/h6-8,10H,2,5,9,21H2,1,3-4H3/b14-6-,18-12-. The summed E-state index contributed by atoms with van der Waals surface area (Å²) in [6.07, 6.45) is 2.28. The molecule has 1 atom stereocenters. The van der Waals surface area contributed by atoms with E-state index in [1.165, 1.54) is 12.1 Å². The third-order valence-electron chi connectivity index (χ3n) is 3.50. The first-order valence-corrected chi connectivity index (χ1v) is 7.26. The van der Waals surface area contributed by atoms with Gasteiger partial charge in [0.15, 0.2) is 0 Å². The first-order chi connectivity index (χ1) is 9.77. The average Bonchev–Trinajstić information content (AvgIpc) is 2.44. The molecular weight excluding hydrogens is 285 g/mol. The molecule has 0 aliphatic heterocycles. The van der Waals surface area contributed by atoms with Gasteiger partial charge in [0.1, 0.15) is 11.6 Å². The number of hydrogen-bond donors (Lipinski definition) is 0. The Morgan fingerprint density at radius 2 is 1.86 bits per heavy atom. The topological polar surface area (TPSA) is 0 Å². The van der Waals surface area contributed by atoms with Gasteiger partial charge in [-0.05, 0) is 54.4 Å². The number of benzene rings is 1. The van der Waals surface area contributed by atoms with Crippen molar-refractivity contribution >= 4 is 9.24 Å². The summed E-state index contributed by atoms with van der Waals surface area (Å²) >= 11 is 0. The van der Waals surface area contributed by atoms with Crippen LogP contribution in [-0.2, 0) is 6.42 Å². The minimum absolute atomic E-state index is 0.378. The Morgan fingerprint density at radius 1 is 1.24 bits per heavy atom. The molecule has 3 heteroatoms. The molecule has 0 saturated carbocycles. The summed E-state index contributed by atoms with van der Waals surface area (Å²) < 4.78 is 26.7. The Morgan fingerprint density at radius 3 is 2.33 bits per heavy atom. The summed E-state index contributed by atoms with van der Waals surface area (Å²) in [5, 5.41) is 0.957. The maximum absolute atomic E-state index is 13.8. The van der Waals surface area contributed by atoms with Crippen molar-refractivity contribution in [1.82, 2.24) is 0 Å². The normalized spacial score (nSPS) is 13.0. The highest BCUT2D eigenvalue weighted by Gasteiger charge is 2.11. The van der Waals surface area contributed by atoms with Gasteiger partial charge in [-0.3, -0.25) is 0 Å². The van der Waals surface area contributed by atoms with Gasteiger partial charge in [-0.15, -0.1) is 9.24 Å². The fourth-order valence-electron chi connectivity index (χ4n) is 1.88. The van der Waals surface area contributed by atoms with Crippen molar-refractivity contribution in [2.75, 3.05) is 0 Å². The molecular formula is C18H21F2P. The molecule has 0 bridgehead atoms. The van der Waals surface area contributed by atoms with E-state index in [1.807, 2.05) is 26.8 Å². The van der Waals surface area contributed by atoms with Gasteiger partial charge in [-0.2, -0.15) is 0 Å². The van der Waals surface area contributed by atoms with Crippen LogP contribution in [-0.4, -0.2) is 0 Å². The molecule has 1 rings (SSSR count). The lowest BCUT2D eigenvalue weighted by Crippen LogP contribution is -1.99. The van der Waals surface area contributed by atoms with Crippen molar-refractivity contribution in [1.29, 1.82) is 0 Å². The minimum atomic E-state index is -0.568. The summed E-state index contributed by atoms with van der Waals surface area (Å²) in [5.74, 6) is -1.10. The molecule has 112 valence electrons. The molecule has 0 N–H and O–H groups in total. The van der Waals surface area contributed by atoms with Crippen molar-refractivity contribution in [3.05, 3.63) is 82.2 Å². The second-order valence-electron chi connectivity index (χ2n) is 5.02. The monoisotopic (exact) mass is 306 g/mol. The minimum Gasteiger partial charge on any atom is -0.207 e. The van der Waals surface area contributed by atoms with Gasteiger partial charge in [0.2, 0.25) is 0 Å². The third-order valence-corrected chi connectivity index (χ3v) is 4.28. The molecule has 0 aliphatic rings. The number of rotatable bonds is 5. The Kier molecular flexibility index (Phi) is 6.23. The summed E-state index contributed by atoms with van der Waals surface area (Å²) in [6, 6.07) is 3.65. The molecule has 0 aliphatic carbocycles. The summed E-state index contributed by atoms with van der Waals surface area (Å²) in [7, 11) is 2.67. The molecule has 1 aromatic rings. The molecule has 0 radical (unpaired) electrons. The van der Waals surface area contributed by atoms with Crippen LogP contribution < -0.4 is 0 Å². The predicted octanol–water partition coefficient (Wildman–Crippen LogP) is 5.74. The van der Waals surface area contributed by atoms with Gasteiger partial charge in [0.25, 0.3) is 0 Å². The SMILES string of the molecule is C=C(C)/C(C)=C(\P)C(=C)/C(=C\C)Cc1ccc(F)cc1F. The van der Waals surface area contributed by atoms with Gasteiger partial charge in [-0.1, -0.05) is 30.9 Å². The Bertz CT molecular complexity index is 637. The van der Waals surface area contributed by atoms with Crippen LogP contribution in [0.4, 0.5) is 8.78 Å². The lowest BCUT2D eigenvalue weighted by Gasteiger charge is -2.15. The zero-order valence-corrected chi connectivity index (χ0v) is 13.9. The lowest BCUT2D eigenvalue weighted by atomic mass is 9.96. The lowest BCUT2D eigenvalue weighted by molar-refractivity contribution is 0.574. The Labute approximate surface area is 128 Å². The van der Waals surface area contributed by atoms with Crippen molar-refractivity contribution in [2.24, 2.45) is 0 Å². The van der Waals surface area contributed by atoms with Crippen LogP contribution in [0, 0.1) is 11.6 Å². The van der Waals surface area contributed by atoms with Crippen LogP contribution in [0.5, 0.6) is 0 Å².